The molecule has 2 heterocycles. The number of aryl methyl sites for hydroxylation is 1. The minimum Gasteiger partial charge on any atom is -0.384 e. The molecule has 31 heavy (non-hydrogen) atoms. The largest absolute Gasteiger partial charge is 0.384 e. The average molecular weight is 470 g/mol. The number of thioether (sulfide) groups is 1. The quantitative estimate of drug-likeness (QED) is 0.528. The van der Waals surface area contributed by atoms with E-state index in [4.69, 9.17) is 17.3 Å². The lowest BCUT2D eigenvalue weighted by Gasteiger charge is -2.44. The molecule has 160 valence electrons. The summed E-state index contributed by atoms with van der Waals surface area (Å²) < 4.78 is 1.11. The summed E-state index contributed by atoms with van der Waals surface area (Å²) in [6.07, 6.45) is 3.13. The van der Waals surface area contributed by atoms with E-state index in [0.29, 0.717) is 40.5 Å². The minimum absolute atomic E-state index is 0.0736. The number of rotatable bonds is 3. The molecular weight excluding hydrogens is 446 g/mol. The predicted molar refractivity (Wildman–Crippen MR) is 129 cm³/mol. The second-order valence-corrected chi connectivity index (χ2v) is 11.5. The number of hydrogen-bond donors (Lipinski definition) is 1. The Bertz CT molecular complexity index is 1190. The summed E-state index contributed by atoms with van der Waals surface area (Å²) in [5, 5.41) is 10.7. The topological polar surface area (TPSA) is 70.1 Å². The van der Waals surface area contributed by atoms with Gasteiger partial charge in [-0.15, -0.1) is 23.1 Å². The van der Waals surface area contributed by atoms with Crippen LogP contribution in [0, 0.1) is 23.7 Å². The second-order valence-electron chi connectivity index (χ2n) is 8.74. The Balaban J connectivity index is 2.04. The van der Waals surface area contributed by atoms with Crippen molar-refractivity contribution < 1.29 is 4.79 Å². The van der Waals surface area contributed by atoms with E-state index < -0.39 is 5.92 Å². The van der Waals surface area contributed by atoms with E-state index in [-0.39, 0.29) is 11.2 Å². The highest BCUT2D eigenvalue weighted by molar-refractivity contribution is 8.00. The van der Waals surface area contributed by atoms with Crippen LogP contribution < -0.4 is 10.6 Å². The molecule has 1 atom stereocenters. The zero-order chi connectivity index (χ0) is 22.5. The molecule has 0 bridgehead atoms. The Hall–Kier alpha value is -2.20. The van der Waals surface area contributed by atoms with E-state index in [1.807, 2.05) is 36.3 Å². The predicted octanol–water partition coefficient (Wildman–Crippen LogP) is 6.37. The number of carbonyl (C=O) groups excluding carboxylic acids is 1. The molecule has 1 aliphatic heterocycles. The molecule has 2 aliphatic rings. The monoisotopic (exact) mass is 469 g/mol. The third-order valence-corrected chi connectivity index (χ3v) is 8.36. The van der Waals surface area contributed by atoms with Gasteiger partial charge in [0.15, 0.2) is 5.78 Å². The van der Waals surface area contributed by atoms with Gasteiger partial charge in [-0.25, -0.2) is 0 Å². The Morgan fingerprint density at radius 3 is 2.68 bits per heavy atom. The van der Waals surface area contributed by atoms with Crippen LogP contribution in [0.2, 0.25) is 5.02 Å². The number of para-hydroxylation sites is 1. The molecular formula is C24H24ClN3OS2. The molecule has 1 aromatic carbocycles. The highest BCUT2D eigenvalue weighted by Crippen LogP contribution is 2.52. The van der Waals surface area contributed by atoms with Gasteiger partial charge in [0, 0.05) is 22.6 Å². The van der Waals surface area contributed by atoms with Gasteiger partial charge in [-0.2, -0.15) is 5.26 Å². The summed E-state index contributed by atoms with van der Waals surface area (Å²) in [5.41, 5.74) is 10.1. The maximum atomic E-state index is 13.6. The summed E-state index contributed by atoms with van der Waals surface area (Å²) in [5.74, 6) is -0.0278. The fourth-order valence-electron chi connectivity index (χ4n) is 4.60. The van der Waals surface area contributed by atoms with Gasteiger partial charge in [-0.1, -0.05) is 37.6 Å². The maximum absolute atomic E-state index is 13.6. The number of nitrogens with two attached hydrogens (primary N) is 1. The second kappa shape index (κ2) is 8.05. The third kappa shape index (κ3) is 3.69. The number of anilines is 1. The highest BCUT2D eigenvalue weighted by atomic mass is 35.5. The zero-order valence-corrected chi connectivity index (χ0v) is 20.3. The molecule has 2 aromatic rings. The third-order valence-electron chi connectivity index (χ3n) is 5.82. The number of carbonyl (C=O) groups is 1. The lowest BCUT2D eigenvalue weighted by atomic mass is 9.69. The molecule has 0 radical (unpaired) electrons. The molecule has 0 spiro atoms. The Morgan fingerprint density at radius 1 is 1.32 bits per heavy atom. The van der Waals surface area contributed by atoms with Crippen LogP contribution in [-0.4, -0.2) is 12.0 Å². The fourth-order valence-corrected chi connectivity index (χ4v) is 6.73. The Labute approximate surface area is 196 Å². The molecule has 0 saturated heterocycles. The molecule has 0 saturated carbocycles. The number of nitrogens with zero attached hydrogens (tertiary/aromatic N) is 2. The number of benzene rings is 1. The number of thiophene rings is 1. The normalized spacial score (nSPS) is 20.7. The summed E-state index contributed by atoms with van der Waals surface area (Å²) >= 11 is 9.87. The smallest absolute Gasteiger partial charge is 0.162 e. The number of allylic oxidation sites excluding steroid dienone is 3. The first-order valence-electron chi connectivity index (χ1n) is 10.0. The van der Waals surface area contributed by atoms with E-state index in [1.165, 1.54) is 0 Å². The van der Waals surface area contributed by atoms with E-state index in [0.717, 1.165) is 20.3 Å². The molecule has 0 fully saturated rings. The van der Waals surface area contributed by atoms with Crippen LogP contribution in [0.15, 0.2) is 57.2 Å². The van der Waals surface area contributed by atoms with Crippen LogP contribution in [0.3, 0.4) is 0 Å². The van der Waals surface area contributed by atoms with Crippen LogP contribution in [0.1, 0.15) is 43.0 Å². The first-order chi connectivity index (χ1) is 14.7. The first-order valence-corrected chi connectivity index (χ1v) is 12.5. The number of ketones is 1. The molecule has 7 heteroatoms. The number of halogens is 1. The van der Waals surface area contributed by atoms with Crippen molar-refractivity contribution in [3.63, 3.8) is 0 Å². The summed E-state index contributed by atoms with van der Waals surface area (Å²) in [4.78, 5) is 16.6. The van der Waals surface area contributed by atoms with Gasteiger partial charge in [0.2, 0.25) is 0 Å². The summed E-state index contributed by atoms with van der Waals surface area (Å²) in [6.45, 7) is 6.24. The van der Waals surface area contributed by atoms with Crippen molar-refractivity contribution >= 4 is 46.2 Å². The van der Waals surface area contributed by atoms with Crippen LogP contribution in [0.4, 0.5) is 5.69 Å². The van der Waals surface area contributed by atoms with Crippen LogP contribution in [0.25, 0.3) is 0 Å². The van der Waals surface area contributed by atoms with E-state index in [1.54, 1.807) is 29.2 Å². The van der Waals surface area contributed by atoms with E-state index >= 15 is 0 Å². The molecule has 2 N–H and O–H groups in total. The van der Waals surface area contributed by atoms with Crippen molar-refractivity contribution in [1.29, 1.82) is 5.26 Å². The highest BCUT2D eigenvalue weighted by Gasteiger charge is 2.45. The van der Waals surface area contributed by atoms with Crippen LogP contribution in [0.5, 0.6) is 0 Å². The van der Waals surface area contributed by atoms with Gasteiger partial charge < -0.3 is 5.73 Å². The van der Waals surface area contributed by atoms with Crippen LogP contribution >= 0.6 is 34.7 Å². The Morgan fingerprint density at radius 2 is 2.03 bits per heavy atom. The van der Waals surface area contributed by atoms with Gasteiger partial charge >= 0.3 is 0 Å². The molecule has 4 nitrogen and oxygen atoms in total. The van der Waals surface area contributed by atoms with Crippen molar-refractivity contribution in [2.45, 2.75) is 43.7 Å². The summed E-state index contributed by atoms with van der Waals surface area (Å²) in [7, 11) is 0. The van der Waals surface area contributed by atoms with Crippen molar-refractivity contribution in [3.05, 3.63) is 68.5 Å². The number of nitriles is 1. The van der Waals surface area contributed by atoms with Gasteiger partial charge in [-0.3, -0.25) is 9.69 Å². The number of hydrogen-bond acceptors (Lipinski definition) is 6. The molecule has 1 aliphatic carbocycles. The molecule has 0 amide bonds. The van der Waals surface area contributed by atoms with Gasteiger partial charge in [0.25, 0.3) is 0 Å². The molecule has 4 rings (SSSR count). The summed E-state index contributed by atoms with van der Waals surface area (Å²) in [6, 6.07) is 11.8. The molecule has 1 aromatic heterocycles. The van der Waals surface area contributed by atoms with E-state index in [9.17, 15) is 10.1 Å². The van der Waals surface area contributed by atoms with Crippen molar-refractivity contribution in [1.82, 2.24) is 0 Å². The van der Waals surface area contributed by atoms with Gasteiger partial charge in [-0.05, 0) is 48.8 Å². The average Bonchev–Trinajstić information content (AvgIpc) is 3.07. The maximum Gasteiger partial charge on any atom is 0.162 e. The lowest BCUT2D eigenvalue weighted by molar-refractivity contribution is -0.118. The standard InChI is InChI=1S/C24H24ClN3OS2/c1-13-9-14(23(30-4)31-13)20-15(12-26)22(27)28(17-8-6-5-7-16(17)25)18-10-24(2,3)11-19(29)21(18)20/h5-9,20H,10-11,27H2,1-4H3/t20-/m0/s1. The van der Waals surface area contributed by atoms with E-state index in [2.05, 4.69) is 26.0 Å². The zero-order valence-electron chi connectivity index (χ0n) is 18.0. The fraction of sp³-hybridized carbons (Fsp3) is 0.333. The molecule has 0 unspecified atom stereocenters. The van der Waals surface area contributed by atoms with Gasteiger partial charge in [0.05, 0.1) is 32.5 Å². The number of Topliss-reactive ketones (excluding diaryl/α,β-unsaturated/α-hetero) is 1. The van der Waals surface area contributed by atoms with Crippen molar-refractivity contribution in [2.24, 2.45) is 11.1 Å². The Kier molecular flexibility index (Phi) is 5.72. The van der Waals surface area contributed by atoms with Crippen molar-refractivity contribution in [3.8, 4) is 6.07 Å². The minimum atomic E-state index is -0.449. The lowest BCUT2D eigenvalue weighted by Crippen LogP contribution is -2.42. The van der Waals surface area contributed by atoms with Crippen LogP contribution in [-0.2, 0) is 4.79 Å². The first kappa shape index (κ1) is 22.0. The van der Waals surface area contributed by atoms with Crippen molar-refractivity contribution in [2.75, 3.05) is 11.2 Å². The van der Waals surface area contributed by atoms with Gasteiger partial charge in [0.1, 0.15) is 5.82 Å². The SMILES string of the molecule is CSc1sc(C)cc1[C@H]1C(C#N)=C(N)N(c2ccccc2Cl)C2=C1C(=O)CC(C)(C)C2.